The molecule has 106 valence electrons. The second-order valence-corrected chi connectivity index (χ2v) is 7.21. The lowest BCUT2D eigenvalue weighted by Crippen LogP contribution is -2.38. The second kappa shape index (κ2) is 5.93. The molecule has 1 heterocycles. The predicted molar refractivity (Wildman–Crippen MR) is 85.4 cm³/mol. The van der Waals surface area contributed by atoms with Crippen LogP contribution in [-0.4, -0.2) is 13.1 Å². The quantitative estimate of drug-likeness (QED) is 0.666. The SMILES string of the molecule is CC(C)(C)C1CCN(c2ccc(CCl)c(Cl)c2)CC1. The Bertz CT molecular complexity index is 429. The smallest absolute Gasteiger partial charge is 0.0488 e. The minimum absolute atomic E-state index is 0.423. The monoisotopic (exact) mass is 299 g/mol. The van der Waals surface area contributed by atoms with Crippen LogP contribution in [0.2, 0.25) is 5.02 Å². The molecule has 1 nitrogen and oxygen atoms in total. The van der Waals surface area contributed by atoms with Crippen LogP contribution in [0.15, 0.2) is 18.2 Å². The van der Waals surface area contributed by atoms with Gasteiger partial charge in [-0.15, -0.1) is 11.6 Å². The molecule has 0 unspecified atom stereocenters. The van der Waals surface area contributed by atoms with Crippen molar-refractivity contribution in [3.05, 3.63) is 28.8 Å². The average Bonchev–Trinajstić information content (AvgIpc) is 2.38. The number of halogens is 2. The first-order chi connectivity index (χ1) is 8.91. The van der Waals surface area contributed by atoms with Crippen LogP contribution in [0.5, 0.6) is 0 Å². The third-order valence-electron chi connectivity index (χ3n) is 4.27. The van der Waals surface area contributed by atoms with Crippen molar-refractivity contribution in [2.24, 2.45) is 11.3 Å². The number of hydrogen-bond acceptors (Lipinski definition) is 1. The normalized spacial score (nSPS) is 17.8. The molecule has 2 rings (SSSR count). The fourth-order valence-corrected chi connectivity index (χ4v) is 3.39. The van der Waals surface area contributed by atoms with Crippen molar-refractivity contribution >= 4 is 28.9 Å². The Kier molecular flexibility index (Phi) is 4.68. The number of anilines is 1. The molecule has 3 heteroatoms. The van der Waals surface area contributed by atoms with Gasteiger partial charge in [0.1, 0.15) is 0 Å². The van der Waals surface area contributed by atoms with Gasteiger partial charge in [0.25, 0.3) is 0 Å². The summed E-state index contributed by atoms with van der Waals surface area (Å²) in [6.07, 6.45) is 2.52. The van der Waals surface area contributed by atoms with Crippen LogP contribution in [0.4, 0.5) is 5.69 Å². The highest BCUT2D eigenvalue weighted by Gasteiger charge is 2.28. The molecule has 0 N–H and O–H groups in total. The Morgan fingerprint density at radius 3 is 2.32 bits per heavy atom. The van der Waals surface area contributed by atoms with Gasteiger partial charge in [-0.05, 0) is 41.9 Å². The maximum absolute atomic E-state index is 6.24. The van der Waals surface area contributed by atoms with Gasteiger partial charge >= 0.3 is 0 Å². The molecule has 0 amide bonds. The van der Waals surface area contributed by atoms with Gasteiger partial charge in [0.15, 0.2) is 0 Å². The van der Waals surface area contributed by atoms with Crippen molar-refractivity contribution in [2.75, 3.05) is 18.0 Å². The molecule has 1 aromatic rings. The molecule has 0 aliphatic carbocycles. The van der Waals surface area contributed by atoms with Crippen molar-refractivity contribution in [2.45, 2.75) is 39.5 Å². The molecular formula is C16H23Cl2N. The van der Waals surface area contributed by atoms with E-state index in [1.807, 2.05) is 6.07 Å². The summed E-state index contributed by atoms with van der Waals surface area (Å²) in [5.41, 5.74) is 2.66. The zero-order chi connectivity index (χ0) is 14.0. The van der Waals surface area contributed by atoms with E-state index in [0.29, 0.717) is 11.3 Å². The zero-order valence-corrected chi connectivity index (χ0v) is 13.6. The molecule has 1 aliphatic heterocycles. The van der Waals surface area contributed by atoms with Crippen LogP contribution in [0.25, 0.3) is 0 Å². The van der Waals surface area contributed by atoms with E-state index in [4.69, 9.17) is 23.2 Å². The van der Waals surface area contributed by atoms with Gasteiger partial charge in [-0.3, -0.25) is 0 Å². The highest BCUT2D eigenvalue weighted by atomic mass is 35.5. The molecule has 0 aromatic heterocycles. The molecule has 1 aromatic carbocycles. The molecule has 0 atom stereocenters. The van der Waals surface area contributed by atoms with Gasteiger partial charge in [0, 0.05) is 29.7 Å². The van der Waals surface area contributed by atoms with Gasteiger partial charge < -0.3 is 4.90 Å². The third-order valence-corrected chi connectivity index (χ3v) is 4.91. The Hall–Kier alpha value is -0.400. The zero-order valence-electron chi connectivity index (χ0n) is 12.0. The maximum Gasteiger partial charge on any atom is 0.0488 e. The summed E-state index contributed by atoms with van der Waals surface area (Å²) in [5, 5.41) is 0.783. The second-order valence-electron chi connectivity index (χ2n) is 6.54. The first kappa shape index (κ1) is 15.0. The van der Waals surface area contributed by atoms with Crippen LogP contribution in [0, 0.1) is 11.3 Å². The minimum atomic E-state index is 0.423. The predicted octanol–water partition coefficient (Wildman–Crippen LogP) is 5.34. The van der Waals surface area contributed by atoms with E-state index in [2.05, 4.69) is 37.8 Å². The van der Waals surface area contributed by atoms with Crippen molar-refractivity contribution in [3.8, 4) is 0 Å². The van der Waals surface area contributed by atoms with Crippen LogP contribution in [-0.2, 0) is 5.88 Å². The summed E-state index contributed by atoms with van der Waals surface area (Å²) < 4.78 is 0. The summed E-state index contributed by atoms with van der Waals surface area (Å²) >= 11 is 12.1. The maximum atomic E-state index is 6.24. The summed E-state index contributed by atoms with van der Waals surface area (Å²) in [5.74, 6) is 1.30. The number of rotatable bonds is 2. The number of alkyl halides is 1. The number of nitrogens with zero attached hydrogens (tertiary/aromatic N) is 1. The van der Waals surface area contributed by atoms with Crippen LogP contribution >= 0.6 is 23.2 Å². The first-order valence-corrected chi connectivity index (χ1v) is 7.92. The molecule has 0 spiro atoms. The van der Waals surface area contributed by atoms with Gasteiger partial charge in [-0.1, -0.05) is 38.4 Å². The highest BCUT2D eigenvalue weighted by Crippen LogP contribution is 2.36. The number of hydrogen-bond donors (Lipinski definition) is 0. The number of piperidine rings is 1. The van der Waals surface area contributed by atoms with Crippen molar-refractivity contribution in [3.63, 3.8) is 0 Å². The van der Waals surface area contributed by atoms with Gasteiger partial charge in [-0.2, -0.15) is 0 Å². The fraction of sp³-hybridized carbons (Fsp3) is 0.625. The van der Waals surface area contributed by atoms with E-state index in [0.717, 1.165) is 29.6 Å². The molecule has 1 aliphatic rings. The topological polar surface area (TPSA) is 3.24 Å². The van der Waals surface area contributed by atoms with Crippen molar-refractivity contribution in [1.82, 2.24) is 0 Å². The summed E-state index contributed by atoms with van der Waals surface area (Å²) in [7, 11) is 0. The van der Waals surface area contributed by atoms with Crippen LogP contribution in [0.3, 0.4) is 0 Å². The summed E-state index contributed by atoms with van der Waals surface area (Å²) in [6, 6.07) is 6.23. The van der Waals surface area contributed by atoms with Crippen LogP contribution < -0.4 is 4.90 Å². The van der Waals surface area contributed by atoms with Crippen LogP contribution in [0.1, 0.15) is 39.2 Å². The number of benzene rings is 1. The van der Waals surface area contributed by atoms with E-state index >= 15 is 0 Å². The lowest BCUT2D eigenvalue weighted by molar-refractivity contribution is 0.199. The Balaban J connectivity index is 2.04. The molecule has 19 heavy (non-hydrogen) atoms. The highest BCUT2D eigenvalue weighted by molar-refractivity contribution is 6.32. The molecule has 0 radical (unpaired) electrons. The molecule has 0 saturated carbocycles. The third kappa shape index (κ3) is 3.58. The van der Waals surface area contributed by atoms with Gasteiger partial charge in [0.05, 0.1) is 0 Å². The Morgan fingerprint density at radius 1 is 1.21 bits per heavy atom. The standard InChI is InChI=1S/C16H23Cl2N/c1-16(2,3)13-6-8-19(9-7-13)14-5-4-12(11-17)15(18)10-14/h4-5,10,13H,6-9,11H2,1-3H3. The van der Waals surface area contributed by atoms with Crippen molar-refractivity contribution in [1.29, 1.82) is 0 Å². The molecule has 1 fully saturated rings. The van der Waals surface area contributed by atoms with Gasteiger partial charge in [-0.25, -0.2) is 0 Å². The van der Waals surface area contributed by atoms with E-state index in [1.54, 1.807) is 0 Å². The molecule has 1 saturated heterocycles. The molecule has 0 bridgehead atoms. The summed E-state index contributed by atoms with van der Waals surface area (Å²) in [6.45, 7) is 9.29. The van der Waals surface area contributed by atoms with E-state index in [-0.39, 0.29) is 0 Å². The summed E-state index contributed by atoms with van der Waals surface area (Å²) in [4.78, 5) is 2.44. The van der Waals surface area contributed by atoms with E-state index < -0.39 is 0 Å². The molecular weight excluding hydrogens is 277 g/mol. The average molecular weight is 300 g/mol. The van der Waals surface area contributed by atoms with E-state index in [1.165, 1.54) is 18.5 Å². The lowest BCUT2D eigenvalue weighted by atomic mass is 9.75. The van der Waals surface area contributed by atoms with Crippen molar-refractivity contribution < 1.29 is 0 Å². The Labute approximate surface area is 126 Å². The largest absolute Gasteiger partial charge is 0.371 e. The fourth-order valence-electron chi connectivity index (χ4n) is 2.85. The minimum Gasteiger partial charge on any atom is -0.371 e. The first-order valence-electron chi connectivity index (χ1n) is 7.01. The van der Waals surface area contributed by atoms with E-state index in [9.17, 15) is 0 Å². The Morgan fingerprint density at radius 2 is 1.84 bits per heavy atom. The lowest BCUT2D eigenvalue weighted by Gasteiger charge is -2.39. The van der Waals surface area contributed by atoms with Gasteiger partial charge in [0.2, 0.25) is 0 Å².